The molecule has 0 bridgehead atoms. The second-order valence-corrected chi connectivity index (χ2v) is 7.90. The molecule has 0 saturated carbocycles. The molecule has 0 spiro atoms. The number of aromatic amines is 1. The molecular formula is C26H28N2O. The van der Waals surface area contributed by atoms with Gasteiger partial charge in [0.1, 0.15) is 5.60 Å². The first-order chi connectivity index (χ1) is 14.0. The van der Waals surface area contributed by atoms with Gasteiger partial charge < -0.3 is 15.4 Å². The molecule has 0 radical (unpaired) electrons. The molecule has 0 aliphatic carbocycles. The average molecular weight is 385 g/mol. The van der Waals surface area contributed by atoms with Gasteiger partial charge in [0.15, 0.2) is 0 Å². The number of hydrogen-bond donors (Lipinski definition) is 3. The number of fused-ring (bicyclic) bond motifs is 1. The first-order valence-electron chi connectivity index (χ1n) is 10.1. The van der Waals surface area contributed by atoms with Crippen LogP contribution in [0.4, 0.5) is 0 Å². The van der Waals surface area contributed by atoms with Gasteiger partial charge in [-0.2, -0.15) is 0 Å². The van der Waals surface area contributed by atoms with Crippen LogP contribution in [0.15, 0.2) is 79.0 Å². The summed E-state index contributed by atoms with van der Waals surface area (Å²) in [5.41, 5.74) is 5.30. The zero-order valence-electron chi connectivity index (χ0n) is 17.2. The molecule has 4 aromatic rings. The first-order valence-corrected chi connectivity index (χ1v) is 10.1. The Labute approximate surface area is 172 Å². The zero-order chi connectivity index (χ0) is 20.4. The standard InChI is InChI=1S/C26H28N2O/c1-18-8-12-21(13-9-18)26(29,22-14-10-19(2)11-15-22)25(27-3)16-20-17-28-24-7-5-4-6-23(20)24/h4-15,17,25,27-29H,16H2,1-3H3. The van der Waals surface area contributed by atoms with Gasteiger partial charge in [-0.1, -0.05) is 77.9 Å². The van der Waals surface area contributed by atoms with Crippen LogP contribution in [0.3, 0.4) is 0 Å². The molecule has 3 aromatic carbocycles. The van der Waals surface area contributed by atoms with E-state index in [4.69, 9.17) is 0 Å². The lowest BCUT2D eigenvalue weighted by atomic mass is 9.77. The van der Waals surface area contributed by atoms with E-state index in [-0.39, 0.29) is 6.04 Å². The molecule has 3 N–H and O–H groups in total. The molecule has 1 unspecified atom stereocenters. The van der Waals surface area contributed by atoms with Gasteiger partial charge in [0.2, 0.25) is 0 Å². The molecule has 0 saturated heterocycles. The van der Waals surface area contributed by atoms with E-state index < -0.39 is 5.60 Å². The molecule has 1 atom stereocenters. The maximum absolute atomic E-state index is 12.2. The Kier molecular flexibility index (Phi) is 5.27. The van der Waals surface area contributed by atoms with Crippen LogP contribution < -0.4 is 5.32 Å². The number of aromatic nitrogens is 1. The smallest absolute Gasteiger partial charge is 0.130 e. The number of aliphatic hydroxyl groups is 1. The molecular weight excluding hydrogens is 356 g/mol. The van der Waals surface area contributed by atoms with E-state index in [9.17, 15) is 5.11 Å². The minimum atomic E-state index is -1.16. The highest BCUT2D eigenvalue weighted by Gasteiger charge is 2.39. The minimum absolute atomic E-state index is 0.202. The summed E-state index contributed by atoms with van der Waals surface area (Å²) in [5, 5.41) is 16.8. The van der Waals surface area contributed by atoms with Crippen molar-refractivity contribution in [3.05, 3.63) is 107 Å². The monoisotopic (exact) mass is 384 g/mol. The quantitative estimate of drug-likeness (QED) is 0.445. The highest BCUT2D eigenvalue weighted by molar-refractivity contribution is 5.83. The highest BCUT2D eigenvalue weighted by atomic mass is 16.3. The summed E-state index contributed by atoms with van der Waals surface area (Å²) >= 11 is 0. The van der Waals surface area contributed by atoms with Crippen LogP contribution in [0.1, 0.15) is 27.8 Å². The largest absolute Gasteiger partial charge is 0.379 e. The number of para-hydroxylation sites is 1. The van der Waals surface area contributed by atoms with Gasteiger partial charge in [-0.25, -0.2) is 0 Å². The van der Waals surface area contributed by atoms with Crippen molar-refractivity contribution in [3.63, 3.8) is 0 Å². The minimum Gasteiger partial charge on any atom is -0.379 e. The second kappa shape index (κ2) is 7.86. The molecule has 29 heavy (non-hydrogen) atoms. The summed E-state index contributed by atoms with van der Waals surface area (Å²) in [5.74, 6) is 0. The van der Waals surface area contributed by atoms with E-state index in [0.717, 1.165) is 16.6 Å². The molecule has 1 heterocycles. The molecule has 0 fully saturated rings. The van der Waals surface area contributed by atoms with Crippen LogP contribution in [0, 0.1) is 13.8 Å². The zero-order valence-corrected chi connectivity index (χ0v) is 17.2. The lowest BCUT2D eigenvalue weighted by Gasteiger charge is -2.37. The SMILES string of the molecule is CNC(Cc1c[nH]c2ccccc12)C(O)(c1ccc(C)cc1)c1ccc(C)cc1. The summed E-state index contributed by atoms with van der Waals surface area (Å²) < 4.78 is 0. The van der Waals surface area contributed by atoms with E-state index in [2.05, 4.69) is 72.8 Å². The highest BCUT2D eigenvalue weighted by Crippen LogP contribution is 2.36. The van der Waals surface area contributed by atoms with Gasteiger partial charge in [0.05, 0.1) is 0 Å². The predicted molar refractivity (Wildman–Crippen MR) is 120 cm³/mol. The summed E-state index contributed by atoms with van der Waals surface area (Å²) in [4.78, 5) is 3.35. The summed E-state index contributed by atoms with van der Waals surface area (Å²) in [7, 11) is 1.92. The number of likely N-dealkylation sites (N-methyl/N-ethyl adjacent to an activating group) is 1. The maximum Gasteiger partial charge on any atom is 0.130 e. The normalized spacial score (nSPS) is 13.0. The molecule has 4 rings (SSSR count). The lowest BCUT2D eigenvalue weighted by molar-refractivity contribution is 0.0400. The van der Waals surface area contributed by atoms with Crippen molar-refractivity contribution < 1.29 is 5.11 Å². The van der Waals surface area contributed by atoms with E-state index in [1.54, 1.807) is 0 Å². The van der Waals surface area contributed by atoms with E-state index in [1.165, 1.54) is 22.1 Å². The van der Waals surface area contributed by atoms with E-state index >= 15 is 0 Å². The summed E-state index contributed by atoms with van der Waals surface area (Å²) in [6.07, 6.45) is 2.75. The van der Waals surface area contributed by atoms with Gasteiger partial charge in [-0.05, 0) is 50.1 Å². The van der Waals surface area contributed by atoms with Gasteiger partial charge >= 0.3 is 0 Å². The summed E-state index contributed by atoms with van der Waals surface area (Å²) in [6.45, 7) is 4.13. The molecule has 3 heteroatoms. The van der Waals surface area contributed by atoms with Crippen LogP contribution in [0.25, 0.3) is 10.9 Å². The van der Waals surface area contributed by atoms with Crippen molar-refractivity contribution in [3.8, 4) is 0 Å². The van der Waals surface area contributed by atoms with Gasteiger partial charge in [0.25, 0.3) is 0 Å². The summed E-state index contributed by atoms with van der Waals surface area (Å²) in [6, 6.07) is 24.5. The number of aryl methyl sites for hydroxylation is 2. The van der Waals surface area contributed by atoms with Crippen molar-refractivity contribution in [2.24, 2.45) is 0 Å². The van der Waals surface area contributed by atoms with Crippen LogP contribution in [-0.2, 0) is 12.0 Å². The molecule has 148 valence electrons. The number of H-pyrrole nitrogens is 1. The molecule has 0 amide bonds. The predicted octanol–water partition coefficient (Wildman–Crippen LogP) is 4.85. The number of hydrogen-bond acceptors (Lipinski definition) is 2. The number of benzene rings is 3. The van der Waals surface area contributed by atoms with Crippen LogP contribution in [0.2, 0.25) is 0 Å². The Hall–Kier alpha value is -2.88. The number of nitrogens with one attached hydrogen (secondary N) is 2. The lowest BCUT2D eigenvalue weighted by Crippen LogP contribution is -2.49. The van der Waals surface area contributed by atoms with E-state index in [0.29, 0.717) is 6.42 Å². The van der Waals surface area contributed by atoms with Gasteiger partial charge in [0, 0.05) is 23.1 Å². The van der Waals surface area contributed by atoms with Crippen LogP contribution >= 0.6 is 0 Å². The Morgan fingerprint density at radius 3 is 1.97 bits per heavy atom. The molecule has 0 aliphatic heterocycles. The van der Waals surface area contributed by atoms with Crippen LogP contribution in [0.5, 0.6) is 0 Å². The second-order valence-electron chi connectivity index (χ2n) is 7.90. The Morgan fingerprint density at radius 2 is 1.41 bits per heavy atom. The third-order valence-electron chi connectivity index (χ3n) is 5.94. The topological polar surface area (TPSA) is 48.0 Å². The number of rotatable bonds is 6. The first kappa shape index (κ1) is 19.4. The van der Waals surface area contributed by atoms with Crippen molar-refractivity contribution >= 4 is 10.9 Å². The maximum atomic E-state index is 12.2. The van der Waals surface area contributed by atoms with Crippen molar-refractivity contribution in [1.29, 1.82) is 0 Å². The van der Waals surface area contributed by atoms with Crippen molar-refractivity contribution in [2.75, 3.05) is 7.05 Å². The Morgan fingerprint density at radius 1 is 0.862 bits per heavy atom. The third-order valence-corrected chi connectivity index (χ3v) is 5.94. The Bertz CT molecular complexity index is 1050. The van der Waals surface area contributed by atoms with E-state index in [1.807, 2.05) is 37.4 Å². The van der Waals surface area contributed by atoms with Gasteiger partial charge in [-0.15, -0.1) is 0 Å². The molecule has 3 nitrogen and oxygen atoms in total. The van der Waals surface area contributed by atoms with Gasteiger partial charge in [-0.3, -0.25) is 0 Å². The van der Waals surface area contributed by atoms with Crippen molar-refractivity contribution in [1.82, 2.24) is 10.3 Å². The fourth-order valence-electron chi connectivity index (χ4n) is 4.16. The third kappa shape index (κ3) is 3.59. The fourth-order valence-corrected chi connectivity index (χ4v) is 4.16. The van der Waals surface area contributed by atoms with Crippen molar-refractivity contribution in [2.45, 2.75) is 31.9 Å². The fraction of sp³-hybridized carbons (Fsp3) is 0.231. The molecule has 1 aromatic heterocycles. The average Bonchev–Trinajstić information content (AvgIpc) is 3.15. The van der Waals surface area contributed by atoms with Crippen LogP contribution in [-0.4, -0.2) is 23.2 Å². The Balaban J connectivity index is 1.81. The molecule has 0 aliphatic rings.